The summed E-state index contributed by atoms with van der Waals surface area (Å²) in [5.74, 6) is 1.40. The van der Waals surface area contributed by atoms with Crippen molar-refractivity contribution in [2.75, 3.05) is 46.9 Å². The van der Waals surface area contributed by atoms with Gasteiger partial charge in [0.2, 0.25) is 5.91 Å². The van der Waals surface area contributed by atoms with E-state index < -0.39 is 0 Å². The number of carbonyl (C=O) groups is 2. The minimum absolute atomic E-state index is 0.0187. The number of benzene rings is 2. The Labute approximate surface area is 183 Å². The molecule has 2 aromatic carbocycles. The Hall–Kier alpha value is -3.06. The zero-order chi connectivity index (χ0) is 22.4. The van der Waals surface area contributed by atoms with Crippen molar-refractivity contribution in [1.29, 1.82) is 0 Å². The van der Waals surface area contributed by atoms with Crippen LogP contribution in [-0.2, 0) is 11.3 Å². The van der Waals surface area contributed by atoms with Crippen molar-refractivity contribution >= 4 is 11.8 Å². The molecule has 7 heteroatoms. The first-order valence-corrected chi connectivity index (χ1v) is 10.6. The summed E-state index contributed by atoms with van der Waals surface area (Å²) in [5.41, 5.74) is 3.75. The van der Waals surface area contributed by atoms with Gasteiger partial charge in [-0.25, -0.2) is 0 Å². The Balaban J connectivity index is 1.49. The van der Waals surface area contributed by atoms with E-state index in [9.17, 15) is 9.59 Å². The fraction of sp³-hybridized carbons (Fsp3) is 0.417. The van der Waals surface area contributed by atoms with E-state index in [2.05, 4.69) is 5.32 Å². The van der Waals surface area contributed by atoms with Crippen molar-refractivity contribution < 1.29 is 24.0 Å². The maximum absolute atomic E-state index is 12.6. The van der Waals surface area contributed by atoms with Crippen molar-refractivity contribution in [1.82, 2.24) is 10.2 Å². The van der Waals surface area contributed by atoms with Crippen LogP contribution in [0.25, 0.3) is 0 Å². The van der Waals surface area contributed by atoms with Gasteiger partial charge in [-0.2, -0.15) is 0 Å². The number of hydrogen-bond donors (Lipinski definition) is 2. The molecule has 1 saturated heterocycles. The number of quaternary nitrogens is 1. The second kappa shape index (κ2) is 10.3. The highest BCUT2D eigenvalue weighted by molar-refractivity contribution is 5.96. The molecule has 3 rings (SSSR count). The Morgan fingerprint density at radius 1 is 1.00 bits per heavy atom. The summed E-state index contributed by atoms with van der Waals surface area (Å²) in [6.45, 7) is 7.76. The van der Waals surface area contributed by atoms with Gasteiger partial charge in [0.25, 0.3) is 5.91 Å². The number of nitrogens with one attached hydrogen (secondary N) is 2. The first-order valence-electron chi connectivity index (χ1n) is 10.6. The van der Waals surface area contributed by atoms with Gasteiger partial charge in [-0.05, 0) is 44.2 Å². The third-order valence-electron chi connectivity index (χ3n) is 5.64. The van der Waals surface area contributed by atoms with Crippen molar-refractivity contribution in [3.05, 3.63) is 58.7 Å². The number of piperazine rings is 1. The number of hydrogen-bond acceptors (Lipinski definition) is 4. The Morgan fingerprint density at radius 2 is 1.68 bits per heavy atom. The van der Waals surface area contributed by atoms with Crippen LogP contribution >= 0.6 is 0 Å². The average Bonchev–Trinajstić information content (AvgIpc) is 2.77. The molecule has 0 spiro atoms. The molecule has 0 unspecified atom stereocenters. The van der Waals surface area contributed by atoms with Gasteiger partial charge in [-0.3, -0.25) is 9.59 Å². The second-order valence-corrected chi connectivity index (χ2v) is 8.04. The van der Waals surface area contributed by atoms with Crippen LogP contribution < -0.4 is 19.7 Å². The van der Waals surface area contributed by atoms with E-state index in [1.807, 2.05) is 55.1 Å². The van der Waals surface area contributed by atoms with E-state index in [0.29, 0.717) is 18.7 Å². The van der Waals surface area contributed by atoms with Crippen LogP contribution in [0.4, 0.5) is 0 Å². The molecule has 2 aromatic rings. The summed E-state index contributed by atoms with van der Waals surface area (Å²) in [7, 11) is 3.32. The van der Waals surface area contributed by atoms with Crippen LogP contribution in [0.2, 0.25) is 0 Å². The number of nitrogens with zero attached hydrogens (tertiary/aromatic N) is 1. The fourth-order valence-corrected chi connectivity index (χ4v) is 4.01. The lowest BCUT2D eigenvalue weighted by Gasteiger charge is -2.32. The maximum Gasteiger partial charge on any atom is 0.251 e. The summed E-state index contributed by atoms with van der Waals surface area (Å²) in [4.78, 5) is 28.2. The molecule has 1 aliphatic rings. The van der Waals surface area contributed by atoms with Gasteiger partial charge in [0, 0.05) is 5.56 Å². The molecule has 0 aromatic heterocycles. The molecule has 0 atom stereocenters. The van der Waals surface area contributed by atoms with E-state index in [1.165, 1.54) is 4.90 Å². The molecule has 2 amide bonds. The smallest absolute Gasteiger partial charge is 0.251 e. The summed E-state index contributed by atoms with van der Waals surface area (Å²) in [6, 6.07) is 11.5. The molecular formula is C24H32N3O4+. The number of amides is 2. The molecule has 0 aliphatic carbocycles. The molecule has 1 fully saturated rings. The highest BCUT2D eigenvalue weighted by Gasteiger charge is 2.25. The van der Waals surface area contributed by atoms with E-state index in [4.69, 9.17) is 9.47 Å². The Bertz CT molecular complexity index is 916. The van der Waals surface area contributed by atoms with E-state index in [1.54, 1.807) is 14.2 Å². The summed E-state index contributed by atoms with van der Waals surface area (Å²) < 4.78 is 10.8. The molecule has 7 nitrogen and oxygen atoms in total. The molecule has 166 valence electrons. The molecule has 0 radical (unpaired) electrons. The predicted octanol–water partition coefficient (Wildman–Crippen LogP) is 0.978. The van der Waals surface area contributed by atoms with E-state index in [-0.39, 0.29) is 18.4 Å². The highest BCUT2D eigenvalue weighted by Crippen LogP contribution is 2.23. The molecule has 2 N–H and O–H groups in total. The van der Waals surface area contributed by atoms with Gasteiger partial charge in [0.1, 0.15) is 18.0 Å². The lowest BCUT2D eigenvalue weighted by Crippen LogP contribution is -3.13. The number of carbonyl (C=O) groups excluding carboxylic acids is 2. The first-order chi connectivity index (χ1) is 14.9. The molecule has 0 saturated carbocycles. The van der Waals surface area contributed by atoms with Crippen LogP contribution in [-0.4, -0.2) is 63.7 Å². The van der Waals surface area contributed by atoms with Crippen LogP contribution in [0.5, 0.6) is 11.5 Å². The monoisotopic (exact) mass is 426 g/mol. The zero-order valence-electron chi connectivity index (χ0n) is 18.8. The number of rotatable bonds is 7. The van der Waals surface area contributed by atoms with Crippen molar-refractivity contribution in [2.45, 2.75) is 20.4 Å². The number of ether oxygens (including phenoxy) is 2. The molecule has 0 bridgehead atoms. The van der Waals surface area contributed by atoms with Crippen LogP contribution in [0.3, 0.4) is 0 Å². The summed E-state index contributed by atoms with van der Waals surface area (Å²) in [6.07, 6.45) is 0. The standard InChI is InChI=1S/C24H31N3O4/c1-17-11-18(2)13-19(12-17)24(29)25-15-23(28)27-9-7-26(8-10-27)16-20-14-21(30-3)5-6-22(20)31-4/h5-6,11-14H,7-10,15-16H2,1-4H3,(H,25,29)/p+1. The second-order valence-electron chi connectivity index (χ2n) is 8.04. The minimum Gasteiger partial charge on any atom is -0.497 e. The zero-order valence-corrected chi connectivity index (χ0v) is 18.8. The summed E-state index contributed by atoms with van der Waals surface area (Å²) in [5, 5.41) is 2.76. The van der Waals surface area contributed by atoms with Gasteiger partial charge in [0.15, 0.2) is 0 Å². The third-order valence-corrected chi connectivity index (χ3v) is 5.64. The van der Waals surface area contributed by atoms with Gasteiger partial charge in [-0.1, -0.05) is 17.2 Å². The average molecular weight is 427 g/mol. The Morgan fingerprint density at radius 3 is 2.29 bits per heavy atom. The number of methoxy groups -OCH3 is 2. The molecule has 31 heavy (non-hydrogen) atoms. The van der Waals surface area contributed by atoms with E-state index >= 15 is 0 Å². The van der Waals surface area contributed by atoms with E-state index in [0.717, 1.165) is 47.8 Å². The predicted molar refractivity (Wildman–Crippen MR) is 119 cm³/mol. The number of aryl methyl sites for hydroxylation is 2. The lowest BCUT2D eigenvalue weighted by molar-refractivity contribution is -0.917. The largest absolute Gasteiger partial charge is 0.497 e. The van der Waals surface area contributed by atoms with Gasteiger partial charge in [-0.15, -0.1) is 0 Å². The van der Waals surface area contributed by atoms with Crippen molar-refractivity contribution in [2.24, 2.45) is 0 Å². The maximum atomic E-state index is 12.6. The normalized spacial score (nSPS) is 14.3. The highest BCUT2D eigenvalue weighted by atomic mass is 16.5. The van der Waals surface area contributed by atoms with Crippen molar-refractivity contribution in [3.8, 4) is 11.5 Å². The van der Waals surface area contributed by atoms with Gasteiger partial charge >= 0.3 is 0 Å². The molecule has 1 heterocycles. The lowest BCUT2D eigenvalue weighted by atomic mass is 10.1. The first kappa shape index (κ1) is 22.6. The third kappa shape index (κ3) is 5.98. The van der Waals surface area contributed by atoms with Gasteiger partial charge in [0.05, 0.1) is 52.5 Å². The fourth-order valence-electron chi connectivity index (χ4n) is 4.01. The SMILES string of the molecule is COc1ccc(OC)c(C[NH+]2CCN(C(=O)CNC(=O)c3cc(C)cc(C)c3)CC2)c1. The van der Waals surface area contributed by atoms with Gasteiger partial charge < -0.3 is 24.6 Å². The summed E-state index contributed by atoms with van der Waals surface area (Å²) >= 11 is 0. The Kier molecular flexibility index (Phi) is 7.52. The minimum atomic E-state index is -0.213. The quantitative estimate of drug-likeness (QED) is 0.692. The van der Waals surface area contributed by atoms with Crippen molar-refractivity contribution in [3.63, 3.8) is 0 Å². The van der Waals surface area contributed by atoms with Crippen LogP contribution in [0.15, 0.2) is 36.4 Å². The van der Waals surface area contributed by atoms with Crippen LogP contribution in [0, 0.1) is 13.8 Å². The topological polar surface area (TPSA) is 72.3 Å². The molecule has 1 aliphatic heterocycles. The molecular weight excluding hydrogens is 394 g/mol. The van der Waals surface area contributed by atoms with Crippen LogP contribution in [0.1, 0.15) is 27.0 Å².